The highest BCUT2D eigenvalue weighted by molar-refractivity contribution is 5.80. The van der Waals surface area contributed by atoms with E-state index in [4.69, 9.17) is 10.3 Å². The Kier molecular flexibility index (Phi) is 7.26. The SMILES string of the molecule is CCNC(=NCc1ccc(C#N)cc1)N1CCN(CC(=O)N2CCCC2)CC1. The maximum atomic E-state index is 12.4. The Morgan fingerprint density at radius 1 is 1.07 bits per heavy atom. The van der Waals surface area contributed by atoms with Crippen LogP contribution in [-0.4, -0.2) is 78.9 Å². The molecule has 7 nitrogen and oxygen atoms in total. The van der Waals surface area contributed by atoms with Crippen molar-refractivity contribution in [1.82, 2.24) is 20.0 Å². The molecule has 1 N–H and O–H groups in total. The van der Waals surface area contributed by atoms with Gasteiger partial charge in [-0.25, -0.2) is 4.99 Å². The normalized spacial score (nSPS) is 18.2. The number of amides is 1. The maximum absolute atomic E-state index is 12.4. The number of rotatable bonds is 5. The monoisotopic (exact) mass is 382 g/mol. The summed E-state index contributed by atoms with van der Waals surface area (Å²) >= 11 is 0. The second-order valence-corrected chi connectivity index (χ2v) is 7.33. The van der Waals surface area contributed by atoms with Crippen LogP contribution in [0.1, 0.15) is 30.9 Å². The number of hydrogen-bond donors (Lipinski definition) is 1. The summed E-state index contributed by atoms with van der Waals surface area (Å²) in [5.41, 5.74) is 1.75. The predicted octanol–water partition coefficient (Wildman–Crippen LogP) is 1.26. The van der Waals surface area contributed by atoms with Crippen LogP contribution < -0.4 is 5.32 Å². The largest absolute Gasteiger partial charge is 0.357 e. The van der Waals surface area contributed by atoms with Crippen LogP contribution in [0.4, 0.5) is 0 Å². The first-order valence-electron chi connectivity index (χ1n) is 10.2. The minimum absolute atomic E-state index is 0.271. The Balaban J connectivity index is 1.51. The number of carbonyl (C=O) groups is 1. The smallest absolute Gasteiger partial charge is 0.236 e. The first kappa shape index (κ1) is 20.2. The van der Waals surface area contributed by atoms with Gasteiger partial charge in [0.2, 0.25) is 5.91 Å². The fourth-order valence-electron chi connectivity index (χ4n) is 3.65. The van der Waals surface area contributed by atoms with Crippen LogP contribution >= 0.6 is 0 Å². The Bertz CT molecular complexity index is 709. The molecular weight excluding hydrogens is 352 g/mol. The highest BCUT2D eigenvalue weighted by Crippen LogP contribution is 2.10. The van der Waals surface area contributed by atoms with E-state index in [9.17, 15) is 4.79 Å². The van der Waals surface area contributed by atoms with Crippen molar-refractivity contribution in [2.45, 2.75) is 26.3 Å². The van der Waals surface area contributed by atoms with Gasteiger partial charge in [0, 0.05) is 45.8 Å². The summed E-state index contributed by atoms with van der Waals surface area (Å²) in [6.07, 6.45) is 2.28. The summed E-state index contributed by atoms with van der Waals surface area (Å²) in [7, 11) is 0. The first-order chi connectivity index (χ1) is 13.7. The van der Waals surface area contributed by atoms with E-state index in [0.29, 0.717) is 18.7 Å². The second kappa shape index (κ2) is 10.1. The molecule has 0 unspecified atom stereocenters. The molecule has 7 heteroatoms. The molecule has 0 bridgehead atoms. The Morgan fingerprint density at radius 2 is 1.75 bits per heavy atom. The van der Waals surface area contributed by atoms with Crippen molar-refractivity contribution in [2.24, 2.45) is 4.99 Å². The van der Waals surface area contributed by atoms with E-state index in [1.54, 1.807) is 0 Å². The van der Waals surface area contributed by atoms with Gasteiger partial charge in [0.15, 0.2) is 5.96 Å². The van der Waals surface area contributed by atoms with E-state index in [-0.39, 0.29) is 5.91 Å². The lowest BCUT2D eigenvalue weighted by Crippen LogP contribution is -2.54. The number of nitriles is 1. The molecule has 2 fully saturated rings. The van der Waals surface area contributed by atoms with Crippen LogP contribution in [-0.2, 0) is 11.3 Å². The maximum Gasteiger partial charge on any atom is 0.236 e. The third-order valence-electron chi connectivity index (χ3n) is 5.32. The summed E-state index contributed by atoms with van der Waals surface area (Å²) in [4.78, 5) is 23.6. The zero-order valence-corrected chi connectivity index (χ0v) is 16.7. The topological polar surface area (TPSA) is 75.0 Å². The molecule has 3 rings (SSSR count). The number of likely N-dealkylation sites (tertiary alicyclic amines) is 1. The number of hydrogen-bond acceptors (Lipinski definition) is 4. The van der Waals surface area contributed by atoms with Crippen molar-refractivity contribution in [3.8, 4) is 6.07 Å². The molecule has 0 atom stereocenters. The molecule has 2 aliphatic rings. The van der Waals surface area contributed by atoms with E-state index in [1.807, 2.05) is 29.2 Å². The van der Waals surface area contributed by atoms with Gasteiger partial charge in [-0.3, -0.25) is 9.69 Å². The molecule has 28 heavy (non-hydrogen) atoms. The summed E-state index contributed by atoms with van der Waals surface area (Å²) in [5, 5.41) is 12.3. The highest BCUT2D eigenvalue weighted by atomic mass is 16.2. The van der Waals surface area contributed by atoms with Crippen LogP contribution in [0.3, 0.4) is 0 Å². The molecule has 1 aromatic carbocycles. The van der Waals surface area contributed by atoms with Gasteiger partial charge in [-0.15, -0.1) is 0 Å². The summed E-state index contributed by atoms with van der Waals surface area (Å²) in [6, 6.07) is 9.70. The van der Waals surface area contributed by atoms with Gasteiger partial charge in [-0.1, -0.05) is 12.1 Å². The average molecular weight is 383 g/mol. The minimum Gasteiger partial charge on any atom is -0.357 e. The van der Waals surface area contributed by atoms with E-state index in [1.165, 1.54) is 0 Å². The fraction of sp³-hybridized carbons (Fsp3) is 0.571. The van der Waals surface area contributed by atoms with E-state index in [0.717, 1.165) is 70.2 Å². The summed E-state index contributed by atoms with van der Waals surface area (Å²) in [5.74, 6) is 1.18. The molecule has 2 aliphatic heterocycles. The molecule has 1 amide bonds. The van der Waals surface area contributed by atoms with Crippen molar-refractivity contribution >= 4 is 11.9 Å². The molecule has 0 radical (unpaired) electrons. The van der Waals surface area contributed by atoms with Crippen molar-refractivity contribution in [1.29, 1.82) is 5.26 Å². The lowest BCUT2D eigenvalue weighted by atomic mass is 10.1. The van der Waals surface area contributed by atoms with Gasteiger partial charge in [-0.2, -0.15) is 5.26 Å². The lowest BCUT2D eigenvalue weighted by Gasteiger charge is -2.36. The van der Waals surface area contributed by atoms with Gasteiger partial charge in [0.1, 0.15) is 0 Å². The predicted molar refractivity (Wildman–Crippen MR) is 110 cm³/mol. The van der Waals surface area contributed by atoms with Gasteiger partial charge in [-0.05, 0) is 37.5 Å². The summed E-state index contributed by atoms with van der Waals surface area (Å²) < 4.78 is 0. The van der Waals surface area contributed by atoms with Crippen LogP contribution in [0, 0.1) is 11.3 Å². The third kappa shape index (κ3) is 5.46. The van der Waals surface area contributed by atoms with Gasteiger partial charge in [0.25, 0.3) is 0 Å². The van der Waals surface area contributed by atoms with Crippen LogP contribution in [0.15, 0.2) is 29.3 Å². The Morgan fingerprint density at radius 3 is 2.36 bits per heavy atom. The van der Waals surface area contributed by atoms with Gasteiger partial charge >= 0.3 is 0 Å². The van der Waals surface area contributed by atoms with Crippen molar-refractivity contribution in [3.05, 3.63) is 35.4 Å². The molecule has 1 aromatic rings. The Hall–Kier alpha value is -2.59. The van der Waals surface area contributed by atoms with Crippen molar-refractivity contribution < 1.29 is 4.79 Å². The Labute approximate surface area is 167 Å². The molecule has 2 saturated heterocycles. The quantitative estimate of drug-likeness (QED) is 0.613. The standard InChI is InChI=1S/C21H30N6O/c1-2-23-21(24-16-19-7-5-18(15-22)6-8-19)27-13-11-25(12-14-27)17-20(28)26-9-3-4-10-26/h5-8H,2-4,9-14,16-17H2,1H3,(H,23,24). The number of guanidine groups is 1. The summed E-state index contributed by atoms with van der Waals surface area (Å²) in [6.45, 7) is 9.34. The molecule has 2 heterocycles. The molecule has 0 saturated carbocycles. The van der Waals surface area contributed by atoms with Crippen molar-refractivity contribution in [2.75, 3.05) is 52.4 Å². The van der Waals surface area contributed by atoms with Crippen molar-refractivity contribution in [3.63, 3.8) is 0 Å². The zero-order chi connectivity index (χ0) is 19.8. The number of piperazine rings is 1. The number of carbonyl (C=O) groups excluding carboxylic acids is 1. The number of nitrogens with zero attached hydrogens (tertiary/aromatic N) is 5. The first-order valence-corrected chi connectivity index (χ1v) is 10.2. The number of nitrogens with one attached hydrogen (secondary N) is 1. The molecule has 150 valence electrons. The van der Waals surface area contributed by atoms with E-state index < -0.39 is 0 Å². The molecule has 0 spiro atoms. The number of benzene rings is 1. The van der Waals surface area contributed by atoms with E-state index in [2.05, 4.69) is 28.1 Å². The van der Waals surface area contributed by atoms with Gasteiger partial charge in [0.05, 0.1) is 24.7 Å². The molecule has 0 aromatic heterocycles. The second-order valence-electron chi connectivity index (χ2n) is 7.33. The van der Waals surface area contributed by atoms with Crippen LogP contribution in [0.25, 0.3) is 0 Å². The lowest BCUT2D eigenvalue weighted by molar-refractivity contribution is -0.131. The van der Waals surface area contributed by atoms with Crippen LogP contribution in [0.2, 0.25) is 0 Å². The van der Waals surface area contributed by atoms with Crippen LogP contribution in [0.5, 0.6) is 0 Å². The zero-order valence-electron chi connectivity index (χ0n) is 16.7. The average Bonchev–Trinajstić information content (AvgIpc) is 3.27. The third-order valence-corrected chi connectivity index (χ3v) is 5.32. The number of aliphatic imine (C=N–C) groups is 1. The van der Waals surface area contributed by atoms with Gasteiger partial charge < -0.3 is 15.1 Å². The molecular formula is C21H30N6O. The van der Waals surface area contributed by atoms with E-state index >= 15 is 0 Å². The highest BCUT2D eigenvalue weighted by Gasteiger charge is 2.24. The molecule has 0 aliphatic carbocycles. The fourth-order valence-corrected chi connectivity index (χ4v) is 3.65. The minimum atomic E-state index is 0.271.